The average Bonchev–Trinajstić information content (AvgIpc) is 2.73. The van der Waals surface area contributed by atoms with Gasteiger partial charge >= 0.3 is 0 Å². The summed E-state index contributed by atoms with van der Waals surface area (Å²) in [5.41, 5.74) is 7.50. The summed E-state index contributed by atoms with van der Waals surface area (Å²) in [5.74, 6) is 0.502. The van der Waals surface area contributed by atoms with E-state index in [1.165, 1.54) is 4.88 Å². The lowest BCUT2D eigenvalue weighted by molar-refractivity contribution is 0.179. The van der Waals surface area contributed by atoms with Gasteiger partial charge in [0.1, 0.15) is 5.82 Å². The van der Waals surface area contributed by atoms with Crippen LogP contribution >= 0.6 is 11.3 Å². The number of rotatable bonds is 3. The molecule has 92 valence electrons. The topological polar surface area (TPSA) is 77.0 Å². The Hall–Kier alpha value is -1.40. The van der Waals surface area contributed by atoms with Gasteiger partial charge < -0.3 is 10.8 Å². The van der Waals surface area contributed by atoms with Gasteiger partial charge in [0, 0.05) is 23.9 Å². The number of aliphatic hydroxyl groups is 1. The first-order chi connectivity index (χ1) is 7.99. The van der Waals surface area contributed by atoms with Gasteiger partial charge in [0.2, 0.25) is 0 Å². The van der Waals surface area contributed by atoms with Crippen LogP contribution in [0.1, 0.15) is 27.2 Å². The molecule has 1 unspecified atom stereocenters. The number of aliphatic hydroxyl groups excluding tert-OH is 1. The van der Waals surface area contributed by atoms with Crippen LogP contribution in [0, 0.1) is 13.8 Å². The fraction of sp³-hybridized carbons (Fsp3) is 0.455. The van der Waals surface area contributed by atoms with Gasteiger partial charge in [-0.1, -0.05) is 0 Å². The molecule has 0 radical (unpaired) electrons. The predicted octanol–water partition coefficient (Wildman–Crippen LogP) is 1.35. The highest BCUT2D eigenvalue weighted by Gasteiger charge is 2.17. The zero-order chi connectivity index (χ0) is 12.6. The normalized spacial score (nSPS) is 12.9. The summed E-state index contributed by atoms with van der Waals surface area (Å²) >= 11 is 1.61. The Morgan fingerprint density at radius 2 is 2.24 bits per heavy atom. The molecule has 0 amide bonds. The molecule has 2 aromatic rings. The quantitative estimate of drug-likeness (QED) is 0.864. The van der Waals surface area contributed by atoms with E-state index < -0.39 is 6.10 Å². The van der Waals surface area contributed by atoms with Crippen LogP contribution in [0.2, 0.25) is 0 Å². The number of hydrogen-bond donors (Lipinski definition) is 2. The van der Waals surface area contributed by atoms with Crippen molar-refractivity contribution in [2.24, 2.45) is 7.05 Å². The van der Waals surface area contributed by atoms with E-state index in [9.17, 15) is 5.11 Å². The van der Waals surface area contributed by atoms with E-state index in [0.29, 0.717) is 17.8 Å². The van der Waals surface area contributed by atoms with Crippen LogP contribution in [0.25, 0.3) is 0 Å². The van der Waals surface area contributed by atoms with Crippen LogP contribution in [-0.4, -0.2) is 19.9 Å². The summed E-state index contributed by atoms with van der Waals surface area (Å²) < 4.78 is 1.55. The van der Waals surface area contributed by atoms with Crippen molar-refractivity contribution in [2.75, 3.05) is 5.73 Å². The molecule has 0 saturated carbocycles. The molecule has 0 aliphatic rings. The molecule has 0 fully saturated rings. The Balaban J connectivity index is 2.16. The minimum absolute atomic E-state index is 0.481. The predicted molar refractivity (Wildman–Crippen MR) is 67.9 cm³/mol. The van der Waals surface area contributed by atoms with E-state index in [0.717, 1.165) is 10.7 Å². The number of nitrogen functional groups attached to an aromatic ring is 1. The van der Waals surface area contributed by atoms with Crippen LogP contribution in [0.5, 0.6) is 0 Å². The fourth-order valence-corrected chi connectivity index (χ4v) is 2.59. The zero-order valence-electron chi connectivity index (χ0n) is 10.1. The Kier molecular flexibility index (Phi) is 3.17. The zero-order valence-corrected chi connectivity index (χ0v) is 11.0. The van der Waals surface area contributed by atoms with Gasteiger partial charge in [-0.2, -0.15) is 5.10 Å². The third-order valence-electron chi connectivity index (χ3n) is 2.81. The molecule has 2 heterocycles. The number of aromatic nitrogens is 3. The maximum atomic E-state index is 10.1. The van der Waals surface area contributed by atoms with Crippen LogP contribution in [0.15, 0.2) is 6.20 Å². The Morgan fingerprint density at radius 3 is 2.71 bits per heavy atom. The highest BCUT2D eigenvalue weighted by molar-refractivity contribution is 7.11. The number of nitrogens with zero attached hydrogens (tertiary/aromatic N) is 3. The molecule has 0 bridgehead atoms. The Bertz CT molecular complexity index is 512. The number of aryl methyl sites for hydroxylation is 3. The van der Waals surface area contributed by atoms with Crippen molar-refractivity contribution in [2.45, 2.75) is 26.4 Å². The second-order valence-electron chi connectivity index (χ2n) is 4.08. The maximum Gasteiger partial charge on any atom is 0.127 e. The summed E-state index contributed by atoms with van der Waals surface area (Å²) in [4.78, 5) is 5.59. The van der Waals surface area contributed by atoms with Crippen LogP contribution in [-0.2, 0) is 13.5 Å². The summed E-state index contributed by atoms with van der Waals surface area (Å²) in [6.07, 6.45) is 1.44. The van der Waals surface area contributed by atoms with Crippen molar-refractivity contribution in [1.29, 1.82) is 0 Å². The second kappa shape index (κ2) is 4.46. The lowest BCUT2D eigenvalue weighted by Crippen LogP contribution is -2.05. The van der Waals surface area contributed by atoms with E-state index in [1.54, 1.807) is 29.3 Å². The molecule has 2 aromatic heterocycles. The summed E-state index contributed by atoms with van der Waals surface area (Å²) in [5, 5.41) is 15.0. The van der Waals surface area contributed by atoms with E-state index in [4.69, 9.17) is 5.73 Å². The molecule has 3 N–H and O–H groups in total. The van der Waals surface area contributed by atoms with Gasteiger partial charge in [-0.05, 0) is 13.8 Å². The van der Waals surface area contributed by atoms with Crippen molar-refractivity contribution in [3.63, 3.8) is 0 Å². The molecule has 5 nitrogen and oxygen atoms in total. The molecule has 17 heavy (non-hydrogen) atoms. The average molecular weight is 252 g/mol. The van der Waals surface area contributed by atoms with Gasteiger partial charge in [-0.25, -0.2) is 4.98 Å². The third-order valence-corrected chi connectivity index (χ3v) is 3.91. The summed E-state index contributed by atoms with van der Waals surface area (Å²) in [6, 6.07) is 0. The standard InChI is InChI=1S/C11H16N4OS/c1-6-7(2)17-10(14-6)4-9(16)8-5-13-15(3)11(8)12/h5,9,16H,4,12H2,1-3H3. The molecular weight excluding hydrogens is 236 g/mol. The van der Waals surface area contributed by atoms with Gasteiger partial charge in [0.15, 0.2) is 0 Å². The SMILES string of the molecule is Cc1nc(CC(O)c2cnn(C)c2N)sc1C. The molecule has 0 aliphatic heterocycles. The second-order valence-corrected chi connectivity index (χ2v) is 5.37. The molecule has 0 saturated heterocycles. The van der Waals surface area contributed by atoms with Crippen molar-refractivity contribution < 1.29 is 5.11 Å². The van der Waals surface area contributed by atoms with Gasteiger partial charge in [-0.15, -0.1) is 11.3 Å². The van der Waals surface area contributed by atoms with Crippen LogP contribution in [0.3, 0.4) is 0 Å². The smallest absolute Gasteiger partial charge is 0.127 e. The highest BCUT2D eigenvalue weighted by atomic mass is 32.1. The maximum absolute atomic E-state index is 10.1. The van der Waals surface area contributed by atoms with Gasteiger partial charge in [-0.3, -0.25) is 4.68 Å². The molecule has 0 aromatic carbocycles. The molecule has 6 heteroatoms. The highest BCUT2D eigenvalue weighted by Crippen LogP contribution is 2.26. The van der Waals surface area contributed by atoms with Gasteiger partial charge in [0.05, 0.1) is 23.0 Å². The lowest BCUT2D eigenvalue weighted by Gasteiger charge is -2.07. The Labute approximate surface area is 104 Å². The minimum atomic E-state index is -0.645. The first-order valence-corrected chi connectivity index (χ1v) is 6.19. The minimum Gasteiger partial charge on any atom is -0.388 e. The number of thiazole rings is 1. The van der Waals surface area contributed by atoms with E-state index in [2.05, 4.69) is 10.1 Å². The molecule has 2 rings (SSSR count). The number of hydrogen-bond acceptors (Lipinski definition) is 5. The van der Waals surface area contributed by atoms with Crippen molar-refractivity contribution in [3.05, 3.63) is 27.3 Å². The van der Waals surface area contributed by atoms with Crippen molar-refractivity contribution in [1.82, 2.24) is 14.8 Å². The summed E-state index contributed by atoms with van der Waals surface area (Å²) in [7, 11) is 1.75. The van der Waals surface area contributed by atoms with Crippen molar-refractivity contribution in [3.8, 4) is 0 Å². The van der Waals surface area contributed by atoms with E-state index >= 15 is 0 Å². The van der Waals surface area contributed by atoms with Gasteiger partial charge in [0.25, 0.3) is 0 Å². The summed E-state index contributed by atoms with van der Waals surface area (Å²) in [6.45, 7) is 4.00. The molecule has 0 aliphatic carbocycles. The lowest BCUT2D eigenvalue weighted by atomic mass is 10.1. The first-order valence-electron chi connectivity index (χ1n) is 5.37. The molecular formula is C11H16N4OS. The number of anilines is 1. The number of nitrogens with two attached hydrogens (primary N) is 1. The third kappa shape index (κ3) is 2.32. The Morgan fingerprint density at radius 1 is 1.53 bits per heavy atom. The largest absolute Gasteiger partial charge is 0.388 e. The molecule has 1 atom stereocenters. The monoisotopic (exact) mass is 252 g/mol. The van der Waals surface area contributed by atoms with E-state index in [1.807, 2.05) is 13.8 Å². The van der Waals surface area contributed by atoms with E-state index in [-0.39, 0.29) is 0 Å². The van der Waals surface area contributed by atoms with Crippen LogP contribution in [0.4, 0.5) is 5.82 Å². The van der Waals surface area contributed by atoms with Crippen molar-refractivity contribution >= 4 is 17.2 Å². The van der Waals surface area contributed by atoms with Crippen LogP contribution < -0.4 is 5.73 Å². The molecule has 0 spiro atoms. The fourth-order valence-electron chi connectivity index (χ4n) is 1.62. The first kappa shape index (κ1) is 12.1.